The molecule has 11 atom stereocenters. The fraction of sp³-hybridized carbons (Fsp3) is 0.704. The van der Waals surface area contributed by atoms with E-state index >= 15 is 0 Å². The molecule has 0 bridgehead atoms. The molecule has 2 rings (SSSR count). The summed E-state index contributed by atoms with van der Waals surface area (Å²) in [5.74, 6) is -17.3. The summed E-state index contributed by atoms with van der Waals surface area (Å²) < 4.78 is 43.1. The first kappa shape index (κ1) is 107. The standard InChI is InChI=1S/C71H120N21O29P/c1-5-42-64(108)91-46(66(110)89-44(17-13-26-80-70(72)73)62(106)82-37-55(97)85-49(35-57(99)100)68(112)87-42)15-9-11-24-76-51(93)20-19-48(84-54(96)23-30-116-33-34-117-31-28-77-52(94)21-22-53(95)78-29-32-119-122(114,115)120-40-41(121-60(104)8-4)39-118-59(103)7-3)61(105)79-25-12-10-16-47-67(111)90-45(18-14-27-81-71(74)75)63(107)83-38-56(98)86-50(36-58(101)102)69(113)88-43(6-2)65(109)92-47/h41-50H,5-40H2,1-4H3,(H,76,93)(H,77,94)(H,78,95)(H,79,105)(H,82,106)(H,83,107)(H,84,96)(H,85,97)(H,86,98)(H,87,112)(H,88,113)(H,89,110)(H,90,111)(H,91,108)(H,92,109)(H,99,100)(H,101,102)(H,114,115)(H4,72,73,80)(H4,74,75,81)/t41-,42-,43-,44+,45+,46+,47+,48+,49+,50+/m1/s1. The molecule has 2 aliphatic rings. The summed E-state index contributed by atoms with van der Waals surface area (Å²) in [6, 6.07) is -13.0. The van der Waals surface area contributed by atoms with Gasteiger partial charge in [-0.15, -0.1) is 0 Å². The van der Waals surface area contributed by atoms with Crippen molar-refractivity contribution < 1.29 is 139 Å². The maximum absolute atomic E-state index is 14.1. The van der Waals surface area contributed by atoms with Crippen molar-refractivity contribution in [3.05, 3.63) is 0 Å². The number of hydrogen-bond acceptors (Lipinski definition) is 28. The molecule has 2 fully saturated rings. The molecule has 50 nitrogen and oxygen atoms in total. The van der Waals surface area contributed by atoms with Crippen LogP contribution in [0, 0.1) is 0 Å². The summed E-state index contributed by atoms with van der Waals surface area (Å²) in [7, 11) is -4.72. The number of hydrogen-bond donors (Lipinski definition) is 22. The van der Waals surface area contributed by atoms with Gasteiger partial charge in [0.25, 0.3) is 0 Å². The largest absolute Gasteiger partial charge is 0.481 e. The van der Waals surface area contributed by atoms with Crippen LogP contribution < -0.4 is 103 Å². The lowest BCUT2D eigenvalue weighted by molar-refractivity contribution is -0.160. The number of nitrogens with zero attached hydrogens (tertiary/aromatic N) is 2. The van der Waals surface area contributed by atoms with Gasteiger partial charge >= 0.3 is 31.7 Å². The number of carbonyl (C=O) groups is 19. The highest BCUT2D eigenvalue weighted by Gasteiger charge is 2.36. The third-order valence-corrected chi connectivity index (χ3v) is 18.6. The van der Waals surface area contributed by atoms with Gasteiger partial charge in [-0.25, -0.2) is 4.57 Å². The van der Waals surface area contributed by atoms with Crippen LogP contribution in [0.2, 0.25) is 0 Å². The summed E-state index contributed by atoms with van der Waals surface area (Å²) in [6.45, 7) is 2.33. The Morgan fingerprint density at radius 2 is 0.844 bits per heavy atom. The second-order valence-corrected chi connectivity index (χ2v) is 29.0. The van der Waals surface area contributed by atoms with Crippen LogP contribution in [0.3, 0.4) is 0 Å². The van der Waals surface area contributed by atoms with Crippen LogP contribution in [0.25, 0.3) is 0 Å². The van der Waals surface area contributed by atoms with E-state index in [1.807, 2.05) is 0 Å². The highest BCUT2D eigenvalue weighted by atomic mass is 31.2. The topological polar surface area (TPSA) is 767 Å². The van der Waals surface area contributed by atoms with Gasteiger partial charge in [0.15, 0.2) is 18.0 Å². The van der Waals surface area contributed by atoms with Gasteiger partial charge in [-0.2, -0.15) is 0 Å². The predicted molar refractivity (Wildman–Crippen MR) is 426 cm³/mol. The SMILES string of the molecule is CCC(=O)OC[C@H](COP(=O)(O)OCCNC(=O)CCC(=O)NCCOCCOCCC(=O)N[C@@H](CCC(=O)NCCCC[C@@H]1NC(=O)[C@@H](CC)NC(=O)[C@H](CC(=O)O)NC(=O)CNC(=O)[C@H](CCCN=C(N)N)NC1=O)C(=O)NCCCC[C@@H]1NC(=O)[C@@H](CC)NC(=O)[C@H](CC(=O)O)NC(=O)CNC(=O)[C@H](CCCN=C(N)N)NC1=O)OC(=O)CC. The Morgan fingerprint density at radius 1 is 0.443 bits per heavy atom. The van der Waals surface area contributed by atoms with Crippen molar-refractivity contribution in [3.63, 3.8) is 0 Å². The van der Waals surface area contributed by atoms with Gasteiger partial charge in [0.05, 0.1) is 65.6 Å². The van der Waals surface area contributed by atoms with Gasteiger partial charge in [-0.1, -0.05) is 27.7 Å². The van der Waals surface area contributed by atoms with E-state index in [1.54, 1.807) is 0 Å². The number of ether oxygens (including phenoxy) is 4. The second-order valence-electron chi connectivity index (χ2n) is 27.5. The Morgan fingerprint density at radius 3 is 1.30 bits per heavy atom. The lowest BCUT2D eigenvalue weighted by Gasteiger charge is -2.25. The third-order valence-electron chi connectivity index (χ3n) is 17.6. The molecule has 0 aliphatic carbocycles. The molecule has 2 heterocycles. The molecule has 0 spiro atoms. The lowest BCUT2D eigenvalue weighted by Crippen LogP contribution is -2.57. The number of nitrogens with one attached hydrogen (secondary N) is 15. The van der Waals surface area contributed by atoms with E-state index in [0.29, 0.717) is 0 Å². The summed E-state index contributed by atoms with van der Waals surface area (Å²) in [5, 5.41) is 56.2. The predicted octanol–water partition coefficient (Wildman–Crippen LogP) is -8.32. The molecular formula is C71H120N21O29P. The minimum atomic E-state index is -4.72. The molecule has 122 heavy (non-hydrogen) atoms. The number of carbonyl (C=O) groups excluding carboxylic acids is 17. The van der Waals surface area contributed by atoms with Gasteiger partial charge in [0.1, 0.15) is 61.0 Å². The van der Waals surface area contributed by atoms with E-state index in [1.165, 1.54) is 27.7 Å². The first-order chi connectivity index (χ1) is 57.9. The minimum Gasteiger partial charge on any atom is -0.481 e. The van der Waals surface area contributed by atoms with E-state index in [2.05, 4.69) is 89.7 Å². The molecule has 26 N–H and O–H groups in total. The van der Waals surface area contributed by atoms with Gasteiger partial charge < -0.3 is 137 Å². The third kappa shape index (κ3) is 48.1. The molecule has 0 aromatic heterocycles. The Hall–Kier alpha value is -11.5. The van der Waals surface area contributed by atoms with E-state index in [9.17, 15) is 111 Å². The molecule has 2 aliphatic heterocycles. The average molecular weight is 1760 g/mol. The zero-order valence-corrected chi connectivity index (χ0v) is 69.7. The number of aliphatic carboxylic acids is 2. The Kier molecular flexibility index (Phi) is 52.5. The zero-order valence-electron chi connectivity index (χ0n) is 68.8. The fourth-order valence-corrected chi connectivity index (χ4v) is 11.8. The zero-order chi connectivity index (χ0) is 91.1. The van der Waals surface area contributed by atoms with Crippen molar-refractivity contribution in [1.29, 1.82) is 0 Å². The van der Waals surface area contributed by atoms with Crippen LogP contribution >= 0.6 is 7.82 Å². The van der Waals surface area contributed by atoms with Gasteiger partial charge in [-0.05, 0) is 83.5 Å². The number of carboxylic acids is 2. The van der Waals surface area contributed by atoms with Crippen molar-refractivity contribution in [1.82, 2.24) is 79.8 Å². The first-order valence-corrected chi connectivity index (χ1v) is 41.4. The molecular weight excluding hydrogens is 1640 g/mol. The van der Waals surface area contributed by atoms with E-state index in [0.717, 1.165) is 0 Å². The van der Waals surface area contributed by atoms with E-state index in [-0.39, 0.29) is 200 Å². The summed E-state index contributed by atoms with van der Waals surface area (Å²) >= 11 is 0. The molecule has 0 aromatic rings. The number of carboxylic acid groups (broad SMARTS) is 2. The van der Waals surface area contributed by atoms with Crippen molar-refractivity contribution in [3.8, 4) is 0 Å². The fourth-order valence-electron chi connectivity index (χ4n) is 11.1. The van der Waals surface area contributed by atoms with Gasteiger partial charge in [0, 0.05) is 77.8 Å². The number of rotatable bonds is 53. The number of unbranched alkanes of at least 4 members (excludes halogenated alkanes) is 2. The number of amides is 15. The molecule has 51 heteroatoms. The summed E-state index contributed by atoms with van der Waals surface area (Å²) in [6.07, 6.45) is -4.46. The average Bonchev–Trinajstić information content (AvgIpc) is 1.58. The van der Waals surface area contributed by atoms with Crippen molar-refractivity contribution in [2.75, 3.05) is 98.6 Å². The monoisotopic (exact) mass is 1760 g/mol. The second kappa shape index (κ2) is 60.1. The van der Waals surface area contributed by atoms with Crippen LogP contribution in [0.1, 0.15) is 163 Å². The quantitative estimate of drug-likeness (QED) is 0.00884. The van der Waals surface area contributed by atoms with Crippen LogP contribution in [0.4, 0.5) is 0 Å². The normalized spacial score (nSPS) is 19.9. The highest BCUT2D eigenvalue weighted by Crippen LogP contribution is 2.43. The summed E-state index contributed by atoms with van der Waals surface area (Å²) in [4.78, 5) is 266. The van der Waals surface area contributed by atoms with Crippen molar-refractivity contribution in [2.24, 2.45) is 32.9 Å². The highest BCUT2D eigenvalue weighted by molar-refractivity contribution is 7.47. The number of nitrogens with two attached hydrogens (primary N) is 4. The Bertz CT molecular complexity index is 3630. The van der Waals surface area contributed by atoms with Crippen LogP contribution in [0.5, 0.6) is 0 Å². The van der Waals surface area contributed by atoms with Gasteiger partial charge in [0.2, 0.25) is 88.6 Å². The number of phosphoric acid groups is 1. The molecule has 688 valence electrons. The van der Waals surface area contributed by atoms with Gasteiger partial charge in [-0.3, -0.25) is 110 Å². The lowest BCUT2D eigenvalue weighted by atomic mass is 10.0. The number of aliphatic imine (C=N–C) groups is 2. The molecule has 15 amide bonds. The molecule has 0 saturated carbocycles. The maximum Gasteiger partial charge on any atom is 0.472 e. The maximum atomic E-state index is 14.1. The van der Waals surface area contributed by atoms with E-state index < -0.39 is 227 Å². The smallest absolute Gasteiger partial charge is 0.472 e. The molecule has 2 saturated heterocycles. The minimum absolute atomic E-state index is 0.00159. The first-order valence-electron chi connectivity index (χ1n) is 39.9. The molecule has 0 aromatic carbocycles. The van der Waals surface area contributed by atoms with Crippen molar-refractivity contribution in [2.45, 2.75) is 223 Å². The number of phosphoric ester groups is 1. The summed E-state index contributed by atoms with van der Waals surface area (Å²) in [5.41, 5.74) is 21.8. The number of guanidine groups is 2. The van der Waals surface area contributed by atoms with Crippen molar-refractivity contribution >= 4 is 132 Å². The molecule has 1 unspecified atom stereocenters. The van der Waals surface area contributed by atoms with Crippen LogP contribution in [0.15, 0.2) is 9.98 Å². The Labute approximate surface area is 702 Å². The Balaban J connectivity index is 2.23. The van der Waals surface area contributed by atoms with E-state index in [4.69, 9.17) is 50.9 Å². The molecule has 0 radical (unpaired) electrons. The number of esters is 2. The van der Waals surface area contributed by atoms with Crippen LogP contribution in [-0.2, 0) is 124 Å². The van der Waals surface area contributed by atoms with Crippen LogP contribution in [-0.4, -0.2) is 299 Å².